The van der Waals surface area contributed by atoms with Crippen LogP contribution in [0.5, 0.6) is 0 Å². The van der Waals surface area contributed by atoms with E-state index in [9.17, 15) is 21.6 Å². The van der Waals surface area contributed by atoms with Crippen molar-refractivity contribution < 1.29 is 21.6 Å². The molecule has 0 N–H and O–H groups in total. The first-order valence-electron chi connectivity index (χ1n) is 19.9. The van der Waals surface area contributed by atoms with Crippen LogP contribution in [0.25, 0.3) is 11.1 Å². The zero-order valence-electron chi connectivity index (χ0n) is 32.6. The Kier molecular flexibility index (Phi) is 11.3. The quantitative estimate of drug-likeness (QED) is 0.136. The first-order chi connectivity index (χ1) is 29.0. The van der Waals surface area contributed by atoms with Crippen LogP contribution in [-0.4, -0.2) is 93.4 Å². The highest BCUT2D eigenvalue weighted by Crippen LogP contribution is 2.40. The molecule has 306 valence electrons. The molecule has 0 bridgehead atoms. The third kappa shape index (κ3) is 7.74. The van der Waals surface area contributed by atoms with Crippen molar-refractivity contribution in [3.05, 3.63) is 189 Å². The molecule has 2 heterocycles. The molecule has 13 heteroatoms. The van der Waals surface area contributed by atoms with Gasteiger partial charge < -0.3 is 0 Å². The monoisotopic (exact) mass is 876 g/mol. The largest absolute Gasteiger partial charge is 0.290 e. The van der Waals surface area contributed by atoms with Crippen LogP contribution in [0.3, 0.4) is 0 Å². The Morgan fingerprint density at radius 3 is 1.08 bits per heavy atom. The zero-order valence-corrected chi connectivity index (χ0v) is 35.7. The number of hydrogen-bond donors (Lipinski definition) is 0. The third-order valence-electron chi connectivity index (χ3n) is 11.9. The van der Waals surface area contributed by atoms with E-state index in [4.69, 9.17) is 23.2 Å². The fourth-order valence-corrected chi connectivity index (χ4v) is 12.0. The van der Waals surface area contributed by atoms with Gasteiger partial charge in [0.2, 0.25) is 20.0 Å². The van der Waals surface area contributed by atoms with Gasteiger partial charge in [-0.1, -0.05) is 120 Å². The Hall–Kier alpha value is -4.69. The van der Waals surface area contributed by atoms with Crippen LogP contribution < -0.4 is 0 Å². The maximum Gasteiger partial charge on any atom is 0.243 e. The number of fused-ring (bicyclic) bond motifs is 3. The molecular weight excluding hydrogens is 836 g/mol. The lowest BCUT2D eigenvalue weighted by molar-refractivity contribution is 0.104. The number of carbonyl (C=O) groups excluding carboxylic acids is 1. The Morgan fingerprint density at radius 1 is 0.400 bits per heavy atom. The number of halogens is 2. The molecule has 2 saturated heterocycles. The van der Waals surface area contributed by atoms with E-state index in [0.717, 1.165) is 22.3 Å². The number of ketones is 1. The van der Waals surface area contributed by atoms with Crippen molar-refractivity contribution in [2.24, 2.45) is 0 Å². The summed E-state index contributed by atoms with van der Waals surface area (Å²) in [5, 5.41) is 1.30. The lowest BCUT2D eigenvalue weighted by Gasteiger charge is -2.39. The van der Waals surface area contributed by atoms with Gasteiger partial charge in [-0.25, -0.2) is 16.8 Å². The highest BCUT2D eigenvalue weighted by Gasteiger charge is 2.37. The predicted molar refractivity (Wildman–Crippen MR) is 235 cm³/mol. The van der Waals surface area contributed by atoms with Crippen molar-refractivity contribution in [2.45, 2.75) is 21.9 Å². The second-order valence-electron chi connectivity index (χ2n) is 15.4. The summed E-state index contributed by atoms with van der Waals surface area (Å²) in [6.45, 7) is 3.08. The molecule has 1 aliphatic carbocycles. The summed E-state index contributed by atoms with van der Waals surface area (Å²) in [6.07, 6.45) is 0. The van der Waals surface area contributed by atoms with Crippen LogP contribution in [0.15, 0.2) is 155 Å². The van der Waals surface area contributed by atoms with Crippen LogP contribution in [0, 0.1) is 0 Å². The molecule has 2 aliphatic heterocycles. The predicted octanol–water partition coefficient (Wildman–Crippen LogP) is 8.40. The van der Waals surface area contributed by atoms with Crippen LogP contribution in [0.2, 0.25) is 10.0 Å². The van der Waals surface area contributed by atoms with Crippen LogP contribution >= 0.6 is 23.2 Å². The fourth-order valence-electron chi connectivity index (χ4n) is 8.85. The summed E-state index contributed by atoms with van der Waals surface area (Å²) in [4.78, 5) is 18.6. The second kappa shape index (κ2) is 16.6. The van der Waals surface area contributed by atoms with E-state index in [-0.39, 0.29) is 59.2 Å². The summed E-state index contributed by atoms with van der Waals surface area (Å²) < 4.78 is 59.4. The molecule has 2 fully saturated rings. The maximum atomic E-state index is 14.1. The van der Waals surface area contributed by atoms with E-state index in [1.165, 1.54) is 20.7 Å². The van der Waals surface area contributed by atoms with Crippen molar-refractivity contribution >= 4 is 49.0 Å². The minimum atomic E-state index is -3.95. The summed E-state index contributed by atoms with van der Waals surface area (Å²) >= 11 is 12.4. The van der Waals surface area contributed by atoms with Gasteiger partial charge in [-0.05, 0) is 81.9 Å². The highest BCUT2D eigenvalue weighted by atomic mass is 35.5. The molecule has 6 aromatic rings. The van der Waals surface area contributed by atoms with Gasteiger partial charge in [0.25, 0.3) is 0 Å². The summed E-state index contributed by atoms with van der Waals surface area (Å²) in [6, 6.07) is 44.9. The van der Waals surface area contributed by atoms with E-state index < -0.39 is 25.8 Å². The van der Waals surface area contributed by atoms with Gasteiger partial charge in [0.1, 0.15) is 0 Å². The van der Waals surface area contributed by atoms with Crippen molar-refractivity contribution in [2.75, 3.05) is 52.4 Å². The van der Waals surface area contributed by atoms with Crippen molar-refractivity contribution in [3.63, 3.8) is 0 Å². The van der Waals surface area contributed by atoms with Gasteiger partial charge >= 0.3 is 0 Å². The summed E-state index contributed by atoms with van der Waals surface area (Å²) in [5.74, 6) is -0.397. The van der Waals surface area contributed by atoms with Gasteiger partial charge in [0.15, 0.2) is 5.78 Å². The number of carbonyl (C=O) groups is 1. The van der Waals surface area contributed by atoms with E-state index >= 15 is 0 Å². The Labute approximate surface area is 361 Å². The van der Waals surface area contributed by atoms with Crippen LogP contribution in [-0.2, 0) is 20.0 Å². The molecule has 2 atom stereocenters. The first-order valence-corrected chi connectivity index (χ1v) is 23.5. The Morgan fingerprint density at radius 2 is 0.733 bits per heavy atom. The van der Waals surface area contributed by atoms with E-state index in [0.29, 0.717) is 47.4 Å². The highest BCUT2D eigenvalue weighted by molar-refractivity contribution is 7.89. The lowest BCUT2D eigenvalue weighted by Crippen LogP contribution is -2.49. The van der Waals surface area contributed by atoms with Crippen LogP contribution in [0.4, 0.5) is 0 Å². The molecule has 2 unspecified atom stereocenters. The standard InChI is InChI=1S/C47H42Cl2N4O5S2/c48-37-15-11-35(12-16-37)45(33-7-3-1-4-8-33)50-23-27-52(28-24-50)59(55,56)39-19-21-41-42-22-20-40(32-44(42)47(54)43(41)31-39)60(57,58)53-29-25-51(26-30-53)46(34-9-5-2-6-10-34)36-13-17-38(49)18-14-36/h1-22,31-32,45-46H,23-30H2. The van der Waals surface area contributed by atoms with Gasteiger partial charge in [-0.15, -0.1) is 0 Å². The van der Waals surface area contributed by atoms with E-state index in [1.807, 2.05) is 84.9 Å². The number of nitrogens with zero attached hydrogens (tertiary/aromatic N) is 4. The number of rotatable bonds is 10. The topological polar surface area (TPSA) is 98.3 Å². The fraction of sp³-hybridized carbons (Fsp3) is 0.213. The molecule has 0 aromatic heterocycles. The maximum absolute atomic E-state index is 14.1. The number of benzene rings is 6. The first kappa shape index (κ1) is 40.7. The molecule has 9 nitrogen and oxygen atoms in total. The smallest absolute Gasteiger partial charge is 0.243 e. The van der Waals surface area contributed by atoms with Gasteiger partial charge in [-0.3, -0.25) is 14.6 Å². The molecule has 0 amide bonds. The van der Waals surface area contributed by atoms with Gasteiger partial charge in [-0.2, -0.15) is 8.61 Å². The Balaban J connectivity index is 0.894. The van der Waals surface area contributed by atoms with Crippen molar-refractivity contribution in [1.82, 2.24) is 18.4 Å². The number of hydrogen-bond acceptors (Lipinski definition) is 7. The van der Waals surface area contributed by atoms with Gasteiger partial charge in [0, 0.05) is 73.5 Å². The molecule has 3 aliphatic rings. The zero-order chi connectivity index (χ0) is 41.6. The SMILES string of the molecule is O=C1c2cc(S(=O)(=O)N3CCN(C(c4ccccc4)c4ccc(Cl)cc4)CC3)ccc2-c2ccc(S(=O)(=O)N3CCN(C(c4ccccc4)c4ccc(Cl)cc4)CC3)cc21. The summed E-state index contributed by atoms with van der Waals surface area (Å²) in [7, 11) is -7.90. The molecule has 6 aromatic carbocycles. The minimum Gasteiger partial charge on any atom is -0.290 e. The Bertz CT molecular complexity index is 2570. The molecule has 0 radical (unpaired) electrons. The van der Waals surface area contributed by atoms with Crippen molar-refractivity contribution in [1.29, 1.82) is 0 Å². The molecule has 0 spiro atoms. The van der Waals surface area contributed by atoms with Crippen LogP contribution in [0.1, 0.15) is 50.3 Å². The molecule has 9 rings (SSSR count). The second-order valence-corrected chi connectivity index (χ2v) is 20.1. The molecule has 0 saturated carbocycles. The van der Waals surface area contributed by atoms with Crippen molar-refractivity contribution in [3.8, 4) is 11.1 Å². The molecular formula is C47H42Cl2N4O5S2. The minimum absolute atomic E-state index is 0.0336. The average molecular weight is 878 g/mol. The van der Waals surface area contributed by atoms with E-state index in [1.54, 1.807) is 24.3 Å². The number of sulfonamides is 2. The normalized spacial score (nSPS) is 17.9. The lowest BCUT2D eigenvalue weighted by atomic mass is 9.96. The number of piperazine rings is 2. The third-order valence-corrected chi connectivity index (χ3v) is 16.2. The van der Waals surface area contributed by atoms with Gasteiger partial charge in [0.05, 0.1) is 21.9 Å². The summed E-state index contributed by atoms with van der Waals surface area (Å²) in [5.41, 5.74) is 6.00. The average Bonchev–Trinajstić information content (AvgIpc) is 3.56. The van der Waals surface area contributed by atoms with E-state index in [2.05, 4.69) is 34.1 Å². The molecule has 60 heavy (non-hydrogen) atoms.